The molecular weight excluding hydrogens is 290 g/mol. The smallest absolute Gasteiger partial charge is 0.256 e. The predicted molar refractivity (Wildman–Crippen MR) is 91.8 cm³/mol. The van der Waals surface area contributed by atoms with Gasteiger partial charge in [0.1, 0.15) is 12.8 Å². The molecule has 0 unspecified atom stereocenters. The number of benzene rings is 1. The van der Waals surface area contributed by atoms with E-state index >= 15 is 0 Å². The van der Waals surface area contributed by atoms with Crippen LogP contribution in [0.15, 0.2) is 29.8 Å². The normalized spacial score (nSPS) is 12.6. The molecule has 0 radical (unpaired) electrons. The van der Waals surface area contributed by atoms with Gasteiger partial charge in [0.25, 0.3) is 5.69 Å². The van der Waals surface area contributed by atoms with Crippen LogP contribution in [0.3, 0.4) is 0 Å². The van der Waals surface area contributed by atoms with E-state index in [9.17, 15) is 0 Å². The summed E-state index contributed by atoms with van der Waals surface area (Å²) in [6.45, 7) is 6.70. The van der Waals surface area contributed by atoms with Gasteiger partial charge in [-0.1, -0.05) is 19.9 Å². The molecular formula is C19H20NOS+. The third kappa shape index (κ3) is 1.88. The number of rotatable bonds is 2. The van der Waals surface area contributed by atoms with Gasteiger partial charge in [-0.3, -0.25) is 0 Å². The second kappa shape index (κ2) is 4.82. The Morgan fingerprint density at radius 3 is 2.82 bits per heavy atom. The fraction of sp³-hybridized carbons (Fsp3) is 0.316. The van der Waals surface area contributed by atoms with Gasteiger partial charge in [0.05, 0.1) is 5.56 Å². The molecule has 4 rings (SSSR count). The third-order valence-corrected chi connectivity index (χ3v) is 5.28. The average Bonchev–Trinajstić information content (AvgIpc) is 2.88. The monoisotopic (exact) mass is 310 g/mol. The highest BCUT2D eigenvalue weighted by atomic mass is 32.1. The molecule has 0 fully saturated rings. The molecule has 0 saturated carbocycles. The Bertz CT molecular complexity index is 892. The number of nitrogens with zero attached hydrogens (tertiary/aromatic N) is 1. The lowest BCUT2D eigenvalue weighted by Crippen LogP contribution is -2.32. The first-order valence-corrected chi connectivity index (χ1v) is 8.64. The van der Waals surface area contributed by atoms with Gasteiger partial charge in [-0.05, 0) is 30.9 Å². The zero-order valence-corrected chi connectivity index (χ0v) is 14.3. The van der Waals surface area contributed by atoms with Gasteiger partial charge in [-0.15, -0.1) is 11.3 Å². The van der Waals surface area contributed by atoms with Crippen molar-refractivity contribution in [3.63, 3.8) is 0 Å². The second-order valence-corrected chi connectivity index (χ2v) is 7.47. The molecule has 22 heavy (non-hydrogen) atoms. The van der Waals surface area contributed by atoms with Crippen molar-refractivity contribution in [1.82, 2.24) is 0 Å². The van der Waals surface area contributed by atoms with E-state index in [1.165, 1.54) is 32.5 Å². The van der Waals surface area contributed by atoms with E-state index in [0.29, 0.717) is 5.92 Å². The molecule has 1 aliphatic heterocycles. The maximum absolute atomic E-state index is 6.35. The van der Waals surface area contributed by atoms with Crippen LogP contribution >= 0.6 is 11.3 Å². The Morgan fingerprint density at radius 1 is 1.23 bits per heavy atom. The van der Waals surface area contributed by atoms with Crippen LogP contribution in [0.5, 0.6) is 11.5 Å². The largest absolute Gasteiger partial charge is 0.448 e. The molecule has 0 atom stereocenters. The first-order chi connectivity index (χ1) is 10.6. The van der Waals surface area contributed by atoms with Crippen molar-refractivity contribution in [3.8, 4) is 22.8 Å². The van der Waals surface area contributed by atoms with Gasteiger partial charge < -0.3 is 4.74 Å². The molecule has 1 aliphatic rings. The van der Waals surface area contributed by atoms with E-state index in [2.05, 4.69) is 62.2 Å². The lowest BCUT2D eigenvalue weighted by atomic mass is 9.94. The van der Waals surface area contributed by atoms with Gasteiger partial charge in [0, 0.05) is 27.1 Å². The van der Waals surface area contributed by atoms with Crippen molar-refractivity contribution < 1.29 is 9.30 Å². The molecule has 1 aromatic carbocycles. The van der Waals surface area contributed by atoms with E-state index in [1.54, 1.807) is 11.3 Å². The predicted octanol–water partition coefficient (Wildman–Crippen LogP) is 5.01. The lowest BCUT2D eigenvalue weighted by Gasteiger charge is -2.20. The number of aromatic nitrogens is 1. The van der Waals surface area contributed by atoms with Crippen LogP contribution in [0, 0.1) is 12.8 Å². The summed E-state index contributed by atoms with van der Waals surface area (Å²) in [4.78, 5) is 0. The molecule has 0 spiro atoms. The minimum atomic E-state index is 0.612. The summed E-state index contributed by atoms with van der Waals surface area (Å²) in [6.07, 6.45) is 3.20. The van der Waals surface area contributed by atoms with E-state index in [4.69, 9.17) is 4.74 Å². The van der Waals surface area contributed by atoms with Crippen molar-refractivity contribution in [2.45, 2.75) is 27.2 Å². The fourth-order valence-electron chi connectivity index (χ4n) is 3.37. The number of pyridine rings is 1. The van der Waals surface area contributed by atoms with Crippen LogP contribution < -0.4 is 9.30 Å². The van der Waals surface area contributed by atoms with Crippen molar-refractivity contribution in [1.29, 1.82) is 0 Å². The number of fused-ring (bicyclic) bond motifs is 2. The Morgan fingerprint density at radius 2 is 2.05 bits per heavy atom. The van der Waals surface area contributed by atoms with Crippen molar-refractivity contribution in [3.05, 3.63) is 40.9 Å². The summed E-state index contributed by atoms with van der Waals surface area (Å²) in [6, 6.07) is 6.63. The quantitative estimate of drug-likeness (QED) is 0.475. The zero-order chi connectivity index (χ0) is 15.4. The molecule has 0 bridgehead atoms. The molecule has 0 aliphatic carbocycles. The standard InChI is InChI=1S/C19H20NOS/c1-11(2)9-13-7-8-20(4)18-16-12(3)5-6-15-17(16)14(10-22-15)21-19(13)18/h5-8,10-11H,9H2,1-4H3/q+1. The molecule has 2 nitrogen and oxygen atoms in total. The Labute approximate surface area is 135 Å². The minimum absolute atomic E-state index is 0.612. The Hall–Kier alpha value is -1.87. The Balaban J connectivity index is 2.08. The summed E-state index contributed by atoms with van der Waals surface area (Å²) in [5.41, 5.74) is 5.17. The number of aryl methyl sites for hydroxylation is 2. The molecule has 0 amide bonds. The van der Waals surface area contributed by atoms with Crippen LogP contribution in [-0.4, -0.2) is 0 Å². The molecule has 2 aromatic heterocycles. The van der Waals surface area contributed by atoms with E-state index in [0.717, 1.165) is 17.9 Å². The second-order valence-electron chi connectivity index (χ2n) is 6.56. The van der Waals surface area contributed by atoms with Crippen LogP contribution in [0.4, 0.5) is 0 Å². The van der Waals surface area contributed by atoms with Gasteiger partial charge in [-0.2, -0.15) is 4.57 Å². The zero-order valence-electron chi connectivity index (χ0n) is 13.4. The van der Waals surface area contributed by atoms with Crippen LogP contribution in [0.25, 0.3) is 21.3 Å². The third-order valence-electron chi connectivity index (χ3n) is 4.35. The van der Waals surface area contributed by atoms with Crippen molar-refractivity contribution in [2.24, 2.45) is 13.0 Å². The van der Waals surface area contributed by atoms with Gasteiger partial charge in [0.15, 0.2) is 6.20 Å². The number of hydrogen-bond acceptors (Lipinski definition) is 2. The van der Waals surface area contributed by atoms with Gasteiger partial charge in [0.2, 0.25) is 5.75 Å². The Kier molecular flexibility index (Phi) is 3.01. The molecule has 112 valence electrons. The average molecular weight is 310 g/mol. The summed E-state index contributed by atoms with van der Waals surface area (Å²) in [7, 11) is 2.11. The van der Waals surface area contributed by atoms with Crippen molar-refractivity contribution >= 4 is 21.4 Å². The van der Waals surface area contributed by atoms with Gasteiger partial charge >= 0.3 is 0 Å². The summed E-state index contributed by atoms with van der Waals surface area (Å²) >= 11 is 1.76. The number of thiophene rings is 1. The van der Waals surface area contributed by atoms with Gasteiger partial charge in [-0.25, -0.2) is 0 Å². The van der Waals surface area contributed by atoms with Crippen LogP contribution in [0.2, 0.25) is 0 Å². The molecule has 3 heterocycles. The van der Waals surface area contributed by atoms with E-state index in [1.807, 2.05) is 0 Å². The van der Waals surface area contributed by atoms with E-state index in [-0.39, 0.29) is 0 Å². The lowest BCUT2D eigenvalue weighted by molar-refractivity contribution is -0.660. The molecule has 0 N–H and O–H groups in total. The molecule has 0 saturated heterocycles. The number of ether oxygens (including phenoxy) is 1. The summed E-state index contributed by atoms with van der Waals surface area (Å²) < 4.78 is 9.84. The van der Waals surface area contributed by atoms with E-state index < -0.39 is 0 Å². The minimum Gasteiger partial charge on any atom is -0.448 e. The fourth-order valence-corrected chi connectivity index (χ4v) is 4.23. The van der Waals surface area contributed by atoms with Crippen molar-refractivity contribution in [2.75, 3.05) is 0 Å². The van der Waals surface area contributed by atoms with Crippen LogP contribution in [0.1, 0.15) is 25.0 Å². The SMILES string of the molecule is Cc1ccc2scc3c2c1-c1c(c(CC(C)C)cc[n+]1C)O3. The highest BCUT2D eigenvalue weighted by Gasteiger charge is 2.31. The first kappa shape index (κ1) is 13.8. The first-order valence-electron chi connectivity index (χ1n) is 7.76. The molecule has 3 heteroatoms. The number of hydrogen-bond donors (Lipinski definition) is 0. The summed E-state index contributed by atoms with van der Waals surface area (Å²) in [5.74, 6) is 2.67. The van der Waals surface area contributed by atoms with Crippen LogP contribution in [-0.2, 0) is 13.5 Å². The molecule has 3 aromatic rings. The topological polar surface area (TPSA) is 13.1 Å². The highest BCUT2D eigenvalue weighted by molar-refractivity contribution is 7.17. The maximum Gasteiger partial charge on any atom is 0.256 e. The summed E-state index contributed by atoms with van der Waals surface area (Å²) in [5, 5.41) is 3.41. The maximum atomic E-state index is 6.35. The highest BCUT2D eigenvalue weighted by Crippen LogP contribution is 2.50.